The Morgan fingerprint density at radius 3 is 2.09 bits per heavy atom. The SMILES string of the molecule is CCN(C(=O)C(Cc1cc(F)cc(F)c1)NC(=O)OC(C)(C)C)c1ccc(NC(=O)OC)cc1. The summed E-state index contributed by atoms with van der Waals surface area (Å²) in [6, 6.07) is 8.15. The molecule has 3 amide bonds. The molecule has 2 aromatic carbocycles. The van der Waals surface area contributed by atoms with Crippen LogP contribution in [0.1, 0.15) is 33.3 Å². The number of alkyl carbamates (subject to hydrolysis) is 1. The second-order valence-corrected chi connectivity index (χ2v) is 8.43. The molecular formula is C24H29F2N3O5. The molecule has 0 bridgehead atoms. The fourth-order valence-corrected chi connectivity index (χ4v) is 3.16. The topological polar surface area (TPSA) is 97.0 Å². The number of benzene rings is 2. The highest BCUT2D eigenvalue weighted by atomic mass is 19.1. The van der Waals surface area contributed by atoms with Crippen molar-refractivity contribution in [3.8, 4) is 0 Å². The summed E-state index contributed by atoms with van der Waals surface area (Å²) in [6.45, 7) is 7.01. The average molecular weight is 478 g/mol. The highest BCUT2D eigenvalue weighted by Crippen LogP contribution is 2.21. The molecule has 2 aromatic rings. The van der Waals surface area contributed by atoms with Crippen molar-refractivity contribution in [2.24, 2.45) is 0 Å². The van der Waals surface area contributed by atoms with Gasteiger partial charge >= 0.3 is 12.2 Å². The van der Waals surface area contributed by atoms with E-state index < -0.39 is 41.4 Å². The van der Waals surface area contributed by atoms with Crippen LogP contribution in [-0.4, -0.2) is 43.4 Å². The van der Waals surface area contributed by atoms with Gasteiger partial charge in [0.25, 0.3) is 0 Å². The van der Waals surface area contributed by atoms with Crippen LogP contribution in [0.4, 0.5) is 29.7 Å². The number of carbonyl (C=O) groups is 3. The summed E-state index contributed by atoms with van der Waals surface area (Å²) in [5, 5.41) is 5.03. The van der Waals surface area contributed by atoms with Crippen LogP contribution in [-0.2, 0) is 20.7 Å². The van der Waals surface area contributed by atoms with Gasteiger partial charge in [-0.05, 0) is 69.7 Å². The quantitative estimate of drug-likeness (QED) is 0.606. The summed E-state index contributed by atoms with van der Waals surface area (Å²) >= 11 is 0. The average Bonchev–Trinajstić information content (AvgIpc) is 2.72. The lowest BCUT2D eigenvalue weighted by atomic mass is 10.0. The molecule has 0 fully saturated rings. The van der Waals surface area contributed by atoms with Crippen molar-refractivity contribution in [2.75, 3.05) is 23.9 Å². The Labute approximate surface area is 197 Å². The zero-order chi connectivity index (χ0) is 25.5. The highest BCUT2D eigenvalue weighted by molar-refractivity contribution is 5.99. The van der Waals surface area contributed by atoms with E-state index in [0.29, 0.717) is 11.4 Å². The first-order valence-corrected chi connectivity index (χ1v) is 10.6. The van der Waals surface area contributed by atoms with Crippen molar-refractivity contribution in [2.45, 2.75) is 45.8 Å². The van der Waals surface area contributed by atoms with Crippen LogP contribution in [0, 0.1) is 11.6 Å². The van der Waals surface area contributed by atoms with Crippen LogP contribution >= 0.6 is 0 Å². The maximum atomic E-state index is 13.7. The fraction of sp³-hybridized carbons (Fsp3) is 0.375. The smallest absolute Gasteiger partial charge is 0.411 e. The molecule has 0 aliphatic carbocycles. The Morgan fingerprint density at radius 1 is 1.00 bits per heavy atom. The summed E-state index contributed by atoms with van der Waals surface area (Å²) < 4.78 is 37.3. The Morgan fingerprint density at radius 2 is 1.59 bits per heavy atom. The Kier molecular flexibility index (Phi) is 8.94. The number of halogens is 2. The molecule has 0 aliphatic heterocycles. The first-order chi connectivity index (χ1) is 15.9. The van der Waals surface area contributed by atoms with Crippen LogP contribution in [0.15, 0.2) is 42.5 Å². The number of methoxy groups -OCH3 is 1. The first-order valence-electron chi connectivity index (χ1n) is 10.6. The van der Waals surface area contributed by atoms with Crippen molar-refractivity contribution in [1.82, 2.24) is 5.32 Å². The summed E-state index contributed by atoms with van der Waals surface area (Å²) in [6.07, 6.45) is -1.64. The number of carbonyl (C=O) groups excluding carboxylic acids is 3. The molecule has 184 valence electrons. The van der Waals surface area contributed by atoms with Gasteiger partial charge in [-0.3, -0.25) is 10.1 Å². The minimum atomic E-state index is -1.16. The molecule has 0 saturated carbocycles. The van der Waals surface area contributed by atoms with Gasteiger partial charge in [0.05, 0.1) is 7.11 Å². The molecule has 0 aromatic heterocycles. The lowest BCUT2D eigenvalue weighted by Gasteiger charge is -2.28. The highest BCUT2D eigenvalue weighted by Gasteiger charge is 2.29. The number of ether oxygens (including phenoxy) is 2. The van der Waals surface area contributed by atoms with Gasteiger partial charge in [0, 0.05) is 30.4 Å². The second-order valence-electron chi connectivity index (χ2n) is 8.43. The first kappa shape index (κ1) is 26.6. The van der Waals surface area contributed by atoms with Crippen LogP contribution in [0.2, 0.25) is 0 Å². The van der Waals surface area contributed by atoms with Gasteiger partial charge < -0.3 is 19.7 Å². The van der Waals surface area contributed by atoms with E-state index in [0.717, 1.165) is 18.2 Å². The maximum Gasteiger partial charge on any atom is 0.411 e. The summed E-state index contributed by atoms with van der Waals surface area (Å²) in [4.78, 5) is 38.6. The minimum absolute atomic E-state index is 0.161. The van der Waals surface area contributed by atoms with E-state index in [-0.39, 0.29) is 18.5 Å². The maximum absolute atomic E-state index is 13.7. The number of nitrogens with zero attached hydrogens (tertiary/aromatic N) is 1. The normalized spacial score (nSPS) is 11.9. The molecule has 0 spiro atoms. The minimum Gasteiger partial charge on any atom is -0.453 e. The van der Waals surface area contributed by atoms with Gasteiger partial charge in [0.1, 0.15) is 23.3 Å². The Balaban J connectivity index is 2.31. The molecule has 0 heterocycles. The monoisotopic (exact) mass is 477 g/mol. The molecule has 2 N–H and O–H groups in total. The van der Waals surface area contributed by atoms with Gasteiger partial charge in [-0.1, -0.05) is 0 Å². The van der Waals surface area contributed by atoms with Gasteiger partial charge in [-0.15, -0.1) is 0 Å². The van der Waals surface area contributed by atoms with Crippen LogP contribution in [0.3, 0.4) is 0 Å². The van der Waals surface area contributed by atoms with Crippen LogP contribution in [0.5, 0.6) is 0 Å². The summed E-state index contributed by atoms with van der Waals surface area (Å²) in [5.41, 5.74) is 0.331. The third kappa shape index (κ3) is 8.02. The van der Waals surface area contributed by atoms with Crippen molar-refractivity contribution in [1.29, 1.82) is 0 Å². The van der Waals surface area contributed by atoms with Gasteiger partial charge in [0.15, 0.2) is 0 Å². The van der Waals surface area contributed by atoms with E-state index in [9.17, 15) is 23.2 Å². The number of nitrogens with one attached hydrogen (secondary N) is 2. The van der Waals surface area contributed by atoms with E-state index in [1.165, 1.54) is 12.0 Å². The van der Waals surface area contributed by atoms with E-state index in [4.69, 9.17) is 4.74 Å². The molecule has 2 rings (SSSR count). The van der Waals surface area contributed by atoms with Crippen LogP contribution < -0.4 is 15.5 Å². The fourth-order valence-electron chi connectivity index (χ4n) is 3.16. The number of anilines is 2. The van der Waals surface area contributed by atoms with E-state index in [2.05, 4.69) is 15.4 Å². The van der Waals surface area contributed by atoms with E-state index in [1.54, 1.807) is 52.0 Å². The van der Waals surface area contributed by atoms with Gasteiger partial charge in [-0.25, -0.2) is 18.4 Å². The summed E-state index contributed by atoms with van der Waals surface area (Å²) in [7, 11) is 1.24. The van der Waals surface area contributed by atoms with Crippen LogP contribution in [0.25, 0.3) is 0 Å². The zero-order valence-electron chi connectivity index (χ0n) is 19.8. The third-order valence-corrected chi connectivity index (χ3v) is 4.54. The Hall–Kier alpha value is -3.69. The lowest BCUT2D eigenvalue weighted by molar-refractivity contribution is -0.120. The number of likely N-dealkylation sites (N-methyl/N-ethyl adjacent to an activating group) is 1. The number of rotatable bonds is 7. The van der Waals surface area contributed by atoms with E-state index in [1.807, 2.05) is 0 Å². The molecule has 1 unspecified atom stereocenters. The van der Waals surface area contributed by atoms with Crippen molar-refractivity contribution in [3.63, 3.8) is 0 Å². The van der Waals surface area contributed by atoms with E-state index >= 15 is 0 Å². The standard InChI is InChI=1S/C24H29F2N3O5/c1-6-29(19-9-7-18(8-10-19)27-22(31)33-5)21(30)20(28-23(32)34-24(2,3)4)13-15-11-16(25)14-17(26)12-15/h7-12,14,20H,6,13H2,1-5H3,(H,27,31)(H,28,32). The molecule has 10 heteroatoms. The number of hydrogen-bond donors (Lipinski definition) is 2. The molecule has 8 nitrogen and oxygen atoms in total. The summed E-state index contributed by atoms with van der Waals surface area (Å²) in [5.74, 6) is -2.09. The predicted octanol–water partition coefficient (Wildman–Crippen LogP) is 4.63. The van der Waals surface area contributed by atoms with Gasteiger partial charge in [0.2, 0.25) is 5.91 Å². The molecule has 0 radical (unpaired) electrons. The predicted molar refractivity (Wildman–Crippen MR) is 124 cm³/mol. The second kappa shape index (κ2) is 11.4. The lowest BCUT2D eigenvalue weighted by Crippen LogP contribution is -2.51. The third-order valence-electron chi connectivity index (χ3n) is 4.54. The van der Waals surface area contributed by atoms with Crippen molar-refractivity contribution in [3.05, 3.63) is 59.7 Å². The van der Waals surface area contributed by atoms with Gasteiger partial charge in [-0.2, -0.15) is 0 Å². The Bertz CT molecular complexity index is 1000. The molecule has 0 aliphatic rings. The zero-order valence-corrected chi connectivity index (χ0v) is 19.8. The molecule has 1 atom stereocenters. The number of amides is 3. The molecular weight excluding hydrogens is 448 g/mol. The largest absolute Gasteiger partial charge is 0.453 e. The van der Waals surface area contributed by atoms with Crippen molar-refractivity contribution >= 4 is 29.5 Å². The number of hydrogen-bond acceptors (Lipinski definition) is 5. The van der Waals surface area contributed by atoms with Crippen molar-refractivity contribution < 1.29 is 32.6 Å². The molecule has 0 saturated heterocycles. The molecule has 34 heavy (non-hydrogen) atoms.